The fourth-order valence-corrected chi connectivity index (χ4v) is 4.05. The smallest absolute Gasteiger partial charge is 0.325 e. The van der Waals surface area contributed by atoms with Crippen LogP contribution < -0.4 is 19.5 Å². The number of aromatic nitrogens is 2. The van der Waals surface area contributed by atoms with Crippen molar-refractivity contribution in [2.75, 3.05) is 12.4 Å². The van der Waals surface area contributed by atoms with Crippen LogP contribution in [0.1, 0.15) is 16.1 Å². The number of methoxy groups -OCH3 is 1. The number of nitrogens with zero attached hydrogens (tertiary/aromatic N) is 2. The number of rotatable bonds is 6. The number of amides is 1. The van der Waals surface area contributed by atoms with Crippen molar-refractivity contribution < 1.29 is 33.0 Å². The lowest BCUT2D eigenvalue weighted by molar-refractivity contribution is -0.897. The molecule has 7 nitrogen and oxygen atoms in total. The van der Waals surface area contributed by atoms with Gasteiger partial charge in [0.25, 0.3) is 5.69 Å². The van der Waals surface area contributed by atoms with Gasteiger partial charge in [-0.05, 0) is 73.2 Å². The zero-order chi connectivity index (χ0) is 26.8. The van der Waals surface area contributed by atoms with Gasteiger partial charge in [-0.1, -0.05) is 0 Å². The van der Waals surface area contributed by atoms with Crippen LogP contribution in [0.3, 0.4) is 0 Å². The molecule has 0 radical (unpaired) electrons. The van der Waals surface area contributed by atoms with E-state index in [1.807, 2.05) is 13.0 Å². The van der Waals surface area contributed by atoms with Gasteiger partial charge >= 0.3 is 11.6 Å². The number of hydrogen-bond donors (Lipinski definition) is 2. The number of fused-ring (bicyclic) bond motifs is 1. The summed E-state index contributed by atoms with van der Waals surface area (Å²) in [5.41, 5.74) is 2.43. The topological polar surface area (TPSA) is 84.6 Å². The summed E-state index contributed by atoms with van der Waals surface area (Å²) in [6.45, 7) is 1.90. The summed E-state index contributed by atoms with van der Waals surface area (Å²) in [4.78, 5) is 17.2. The van der Waals surface area contributed by atoms with E-state index in [1.165, 1.54) is 42.5 Å². The number of benzene rings is 3. The molecule has 5 rings (SSSR count). The molecule has 2 N–H and O–H groups in total. The largest absolute Gasteiger partial charge is 0.496 e. The third kappa shape index (κ3) is 4.81. The molecule has 0 atom stereocenters. The van der Waals surface area contributed by atoms with Gasteiger partial charge in [-0.15, -0.1) is 0 Å². The Kier molecular flexibility index (Phi) is 6.57. The number of carbonyl (C=O) groups is 1. The minimum absolute atomic E-state index is 0.0504. The van der Waals surface area contributed by atoms with Gasteiger partial charge in [-0.2, -0.15) is 0 Å². The summed E-state index contributed by atoms with van der Waals surface area (Å²) in [5.74, 6) is -0.809. The first kappa shape index (κ1) is 24.6. The van der Waals surface area contributed by atoms with Crippen molar-refractivity contribution >= 4 is 22.5 Å². The van der Waals surface area contributed by atoms with Crippen molar-refractivity contribution in [1.82, 2.24) is 4.98 Å². The molecule has 2 heterocycles. The number of nitrogens with one attached hydrogen (secondary N) is 1. The Labute approximate surface area is 216 Å². The molecule has 0 spiro atoms. The van der Waals surface area contributed by atoms with Crippen LogP contribution in [0.15, 0.2) is 85.1 Å². The highest BCUT2D eigenvalue weighted by Crippen LogP contribution is 2.34. The number of pyridine rings is 2. The highest BCUT2D eigenvalue weighted by atomic mass is 19.1. The van der Waals surface area contributed by atoms with Crippen molar-refractivity contribution in [3.63, 3.8) is 0 Å². The van der Waals surface area contributed by atoms with E-state index in [4.69, 9.17) is 9.47 Å². The number of carbonyl (C=O) groups excluding carboxylic acids is 1. The number of halogens is 2. The fourth-order valence-electron chi connectivity index (χ4n) is 4.05. The van der Waals surface area contributed by atoms with E-state index in [1.54, 1.807) is 37.6 Å². The van der Waals surface area contributed by atoms with Gasteiger partial charge in [0, 0.05) is 40.2 Å². The van der Waals surface area contributed by atoms with Crippen LogP contribution in [-0.4, -0.2) is 23.2 Å². The van der Waals surface area contributed by atoms with E-state index >= 15 is 0 Å². The molecule has 38 heavy (non-hydrogen) atoms. The molecule has 0 bridgehead atoms. The molecule has 0 saturated heterocycles. The molecule has 0 unspecified atom stereocenters. The normalized spacial score (nSPS) is 10.8. The molecule has 0 fully saturated rings. The summed E-state index contributed by atoms with van der Waals surface area (Å²) >= 11 is 0. The van der Waals surface area contributed by atoms with Gasteiger partial charge in [-0.3, -0.25) is 15.0 Å². The average molecular weight is 515 g/mol. The summed E-state index contributed by atoms with van der Waals surface area (Å²) in [6, 6.07) is 19.3. The second kappa shape index (κ2) is 10.1. The predicted molar refractivity (Wildman–Crippen MR) is 137 cm³/mol. The SMILES string of the molecule is COc1cc2c(Oc3ccc(NC(=O)c4cccc(-c5ccc(F)cc5)[n+]4O)cc3F)ccnc2cc1C. The van der Waals surface area contributed by atoms with Crippen LogP contribution in [0.4, 0.5) is 14.5 Å². The van der Waals surface area contributed by atoms with E-state index < -0.39 is 17.5 Å². The zero-order valence-electron chi connectivity index (χ0n) is 20.4. The molecule has 1 amide bonds. The minimum Gasteiger partial charge on any atom is -0.496 e. The Morgan fingerprint density at radius 2 is 1.74 bits per heavy atom. The molecule has 0 aliphatic rings. The van der Waals surface area contributed by atoms with Crippen molar-refractivity contribution in [3.05, 3.63) is 108 Å². The molecule has 5 aromatic rings. The average Bonchev–Trinajstić information content (AvgIpc) is 2.90. The molecule has 3 aromatic carbocycles. The van der Waals surface area contributed by atoms with Crippen LogP contribution in [0, 0.1) is 18.6 Å². The van der Waals surface area contributed by atoms with E-state index in [0.29, 0.717) is 32.7 Å². The maximum absolute atomic E-state index is 15.0. The van der Waals surface area contributed by atoms with Crippen LogP contribution >= 0.6 is 0 Å². The van der Waals surface area contributed by atoms with Gasteiger partial charge in [0.2, 0.25) is 0 Å². The Balaban J connectivity index is 1.38. The third-order valence-corrected chi connectivity index (χ3v) is 5.97. The van der Waals surface area contributed by atoms with Crippen molar-refractivity contribution in [1.29, 1.82) is 0 Å². The number of ether oxygens (including phenoxy) is 2. The molecule has 0 aliphatic heterocycles. The van der Waals surface area contributed by atoms with Gasteiger partial charge in [0.15, 0.2) is 11.6 Å². The quantitative estimate of drug-likeness (QED) is 0.212. The maximum atomic E-state index is 15.0. The van der Waals surface area contributed by atoms with Crippen molar-refractivity contribution in [2.24, 2.45) is 0 Å². The molecular formula is C29H22F2N3O4+. The molecule has 190 valence electrons. The first-order valence-electron chi connectivity index (χ1n) is 11.6. The summed E-state index contributed by atoms with van der Waals surface area (Å²) in [6.07, 6.45) is 1.57. The maximum Gasteiger partial charge on any atom is 0.325 e. The van der Waals surface area contributed by atoms with Gasteiger partial charge in [-0.25, -0.2) is 8.78 Å². The summed E-state index contributed by atoms with van der Waals surface area (Å²) in [7, 11) is 1.56. The van der Waals surface area contributed by atoms with E-state index in [-0.39, 0.29) is 22.8 Å². The van der Waals surface area contributed by atoms with Gasteiger partial charge in [0.05, 0.1) is 18.2 Å². The first-order valence-corrected chi connectivity index (χ1v) is 11.6. The Morgan fingerprint density at radius 1 is 0.947 bits per heavy atom. The summed E-state index contributed by atoms with van der Waals surface area (Å²) < 4.78 is 40.2. The van der Waals surface area contributed by atoms with E-state index in [0.717, 1.165) is 11.6 Å². The Bertz CT molecular complexity index is 1670. The van der Waals surface area contributed by atoms with Crippen LogP contribution in [0.5, 0.6) is 17.2 Å². The highest BCUT2D eigenvalue weighted by Gasteiger charge is 2.25. The van der Waals surface area contributed by atoms with Crippen LogP contribution in [0.2, 0.25) is 0 Å². The lowest BCUT2D eigenvalue weighted by atomic mass is 10.1. The van der Waals surface area contributed by atoms with Crippen molar-refractivity contribution in [2.45, 2.75) is 6.92 Å². The van der Waals surface area contributed by atoms with Gasteiger partial charge in [0.1, 0.15) is 17.3 Å². The molecule has 9 heteroatoms. The molecule has 0 aliphatic carbocycles. The fraction of sp³-hybridized carbons (Fsp3) is 0.0690. The highest BCUT2D eigenvalue weighted by molar-refractivity contribution is 6.02. The van der Waals surface area contributed by atoms with Crippen molar-refractivity contribution in [3.8, 4) is 28.5 Å². The predicted octanol–water partition coefficient (Wildman–Crippen LogP) is 6.07. The molecule has 2 aromatic heterocycles. The van der Waals surface area contributed by atoms with Crippen LogP contribution in [-0.2, 0) is 0 Å². The standard InChI is InChI=1S/C29H21F2N3O4/c1-17-14-23-21(16-28(17)37-2)26(12-13-32-23)38-27-11-10-20(15-22(27)31)33-29(35)25-5-3-4-24(34(25)36)18-6-8-19(30)9-7-18/h3-16H,1-2H3,(H-,33,35,36)/p+1. The monoisotopic (exact) mass is 514 g/mol. The van der Waals surface area contributed by atoms with Crippen LogP contribution in [0.25, 0.3) is 22.2 Å². The second-order valence-corrected chi connectivity index (χ2v) is 8.46. The number of hydrogen-bond acceptors (Lipinski definition) is 5. The Hall–Kier alpha value is -5.05. The van der Waals surface area contributed by atoms with E-state index in [9.17, 15) is 18.8 Å². The second-order valence-electron chi connectivity index (χ2n) is 8.46. The molecule has 0 saturated carbocycles. The molecular weight excluding hydrogens is 492 g/mol. The number of anilines is 1. The zero-order valence-corrected chi connectivity index (χ0v) is 20.4. The summed E-state index contributed by atoms with van der Waals surface area (Å²) in [5, 5.41) is 13.8. The lowest BCUT2D eigenvalue weighted by Gasteiger charge is -2.12. The number of aryl methyl sites for hydroxylation is 1. The Morgan fingerprint density at radius 3 is 2.47 bits per heavy atom. The van der Waals surface area contributed by atoms with E-state index in [2.05, 4.69) is 10.3 Å². The van der Waals surface area contributed by atoms with Gasteiger partial charge < -0.3 is 14.8 Å². The first-order chi connectivity index (χ1) is 18.3. The minimum atomic E-state index is -0.705. The third-order valence-electron chi connectivity index (χ3n) is 5.97. The lowest BCUT2D eigenvalue weighted by Crippen LogP contribution is -2.41.